The Morgan fingerprint density at radius 3 is 1.36 bits per heavy atom. The zero-order chi connectivity index (χ0) is 19.5. The van der Waals surface area contributed by atoms with Crippen LogP contribution in [0.25, 0.3) is 11.1 Å². The molecular weight excluding hydrogens is 360 g/mol. The smallest absolute Gasteiger partial charge is 0.219 e. The molecule has 0 radical (unpaired) electrons. The average Bonchev–Trinajstić information content (AvgIpc) is 2.44. The Kier molecular flexibility index (Phi) is 7.10. The van der Waals surface area contributed by atoms with Crippen molar-refractivity contribution < 1.29 is 28.9 Å². The quantitative estimate of drug-likeness (QED) is 0.697. The van der Waals surface area contributed by atoms with Crippen LogP contribution in [0.1, 0.15) is 51.3 Å². The third kappa shape index (κ3) is 8.23. The summed E-state index contributed by atoms with van der Waals surface area (Å²) in [5.74, 6) is 0. The van der Waals surface area contributed by atoms with Crippen LogP contribution in [0.3, 0.4) is 0 Å². The van der Waals surface area contributed by atoms with Gasteiger partial charge in [-0.15, -0.1) is 10.2 Å². The second kappa shape index (κ2) is 8.08. The van der Waals surface area contributed by atoms with E-state index in [1.807, 2.05) is 11.3 Å². The highest BCUT2D eigenvalue weighted by Gasteiger charge is 2.31. The number of hydrogen-bond acceptors (Lipinski definition) is 4. The van der Waals surface area contributed by atoms with Crippen molar-refractivity contribution in [1.29, 1.82) is 0 Å². The molecule has 0 spiro atoms. The van der Waals surface area contributed by atoms with E-state index in [0.717, 1.165) is 0 Å². The van der Waals surface area contributed by atoms with Gasteiger partial charge in [-0.2, -0.15) is 0 Å². The third-order valence-corrected chi connectivity index (χ3v) is 5.28. The van der Waals surface area contributed by atoms with E-state index < -0.39 is 10.2 Å². The van der Waals surface area contributed by atoms with Crippen LogP contribution in [-0.4, -0.2) is 0 Å². The van der Waals surface area contributed by atoms with Gasteiger partial charge in [0.05, 0.1) is 0 Å². The maximum atomic E-state index is 8.49. The van der Waals surface area contributed by atoms with E-state index in [0.29, 0.717) is 0 Å². The van der Waals surface area contributed by atoms with Gasteiger partial charge in [-0.1, -0.05) is 71.9 Å². The first-order valence-electron chi connectivity index (χ1n) is 7.84. The van der Waals surface area contributed by atoms with Gasteiger partial charge in [0.2, 0.25) is 21.1 Å². The summed E-state index contributed by atoms with van der Waals surface area (Å²) in [5, 5.41) is 0. The van der Waals surface area contributed by atoms with Crippen molar-refractivity contribution in [3.63, 3.8) is 0 Å². The second-order valence-electron chi connectivity index (χ2n) is 7.82. The van der Waals surface area contributed by atoms with Crippen LogP contribution in [0.4, 0.5) is 0 Å². The molecule has 6 heteroatoms. The lowest BCUT2D eigenvalue weighted by Gasteiger charge is -2.17. The van der Waals surface area contributed by atoms with Crippen LogP contribution >= 0.6 is 11.3 Å². The SMILES string of the molecule is CC(C)(C)c1cc(-c2ccccc2)cc(C(C)(C)C)[s+]1.[O-][Cl+3]([O-])([O-])[O-]. The van der Waals surface area contributed by atoms with Gasteiger partial charge in [-0.25, -0.2) is 18.6 Å². The van der Waals surface area contributed by atoms with Crippen molar-refractivity contribution in [3.8, 4) is 11.1 Å². The van der Waals surface area contributed by atoms with Crippen molar-refractivity contribution in [2.45, 2.75) is 52.4 Å². The molecule has 0 aliphatic heterocycles. The van der Waals surface area contributed by atoms with Crippen LogP contribution < -0.4 is 18.6 Å². The molecule has 25 heavy (non-hydrogen) atoms. The molecule has 2 aromatic rings. The fourth-order valence-corrected chi connectivity index (χ4v) is 3.26. The summed E-state index contributed by atoms with van der Waals surface area (Å²) in [6.07, 6.45) is 0. The first kappa shape index (κ1) is 22.0. The number of halogens is 1. The van der Waals surface area contributed by atoms with Crippen molar-refractivity contribution >= 4 is 11.3 Å². The summed E-state index contributed by atoms with van der Waals surface area (Å²) in [6.45, 7) is 13.8. The zero-order valence-electron chi connectivity index (χ0n) is 15.5. The van der Waals surface area contributed by atoms with Crippen LogP contribution in [-0.2, 0) is 10.8 Å². The molecule has 2 rings (SSSR count). The van der Waals surface area contributed by atoms with E-state index in [1.54, 1.807) is 0 Å². The largest absolute Gasteiger partial charge is 0.222 e. The molecule has 0 saturated carbocycles. The molecule has 1 heterocycles. The third-order valence-electron chi connectivity index (χ3n) is 3.38. The fraction of sp³-hybridized carbons (Fsp3) is 0.421. The summed E-state index contributed by atoms with van der Waals surface area (Å²) in [5.41, 5.74) is 3.01. The molecule has 0 saturated heterocycles. The zero-order valence-corrected chi connectivity index (χ0v) is 17.0. The Balaban J connectivity index is 0.000000550. The topological polar surface area (TPSA) is 92.2 Å². The molecule has 0 amide bonds. The first-order valence-corrected chi connectivity index (χ1v) is 9.89. The molecule has 0 N–H and O–H groups in total. The molecule has 4 nitrogen and oxygen atoms in total. The molecule has 0 bridgehead atoms. The summed E-state index contributed by atoms with van der Waals surface area (Å²) in [4.78, 5) is 2.90. The van der Waals surface area contributed by atoms with E-state index in [4.69, 9.17) is 18.6 Å². The predicted octanol–water partition coefficient (Wildman–Crippen LogP) is 1.54. The molecule has 1 aromatic heterocycles. The van der Waals surface area contributed by atoms with Gasteiger partial charge < -0.3 is 0 Å². The summed E-state index contributed by atoms with van der Waals surface area (Å²) < 4.78 is 34.0. The summed E-state index contributed by atoms with van der Waals surface area (Å²) in [6, 6.07) is 15.4. The molecule has 0 aliphatic carbocycles. The molecule has 0 unspecified atom stereocenters. The van der Waals surface area contributed by atoms with E-state index in [2.05, 4.69) is 84.0 Å². The minimum absolute atomic E-state index is 0.190. The maximum Gasteiger partial charge on any atom is 0.219 e. The van der Waals surface area contributed by atoms with Crippen LogP contribution in [0, 0.1) is 10.2 Å². The molecule has 0 aliphatic rings. The Bertz CT molecular complexity index is 645. The van der Waals surface area contributed by atoms with Gasteiger partial charge >= 0.3 is 0 Å². The van der Waals surface area contributed by atoms with Gasteiger partial charge in [0.15, 0.2) is 0 Å². The standard InChI is InChI=1S/C19H25S.ClHO4/c1-18(2,3)16-12-15(14-10-8-7-9-11-14)13-17(20-16)19(4,5)6;2-1(3,4)5/h7-13H,1-6H3;(H,2,3,4,5)/q+1;/p-1. The molecular formula is C19H25ClO4S. The average molecular weight is 385 g/mol. The molecule has 138 valence electrons. The van der Waals surface area contributed by atoms with E-state index in [1.165, 1.54) is 20.9 Å². The highest BCUT2D eigenvalue weighted by molar-refractivity contribution is 7.12. The number of benzene rings is 1. The summed E-state index contributed by atoms with van der Waals surface area (Å²) >= 11 is 1.95. The lowest BCUT2D eigenvalue weighted by atomic mass is 9.90. The highest BCUT2D eigenvalue weighted by atomic mass is 35.7. The van der Waals surface area contributed by atoms with Crippen LogP contribution in [0.15, 0.2) is 42.5 Å². The van der Waals surface area contributed by atoms with Gasteiger partial charge in [-0.3, -0.25) is 0 Å². The van der Waals surface area contributed by atoms with Gasteiger partial charge in [0.25, 0.3) is 0 Å². The van der Waals surface area contributed by atoms with Crippen LogP contribution in [0.2, 0.25) is 0 Å². The second-order valence-corrected chi connectivity index (χ2v) is 9.66. The Morgan fingerprint density at radius 2 is 1.04 bits per heavy atom. The van der Waals surface area contributed by atoms with Crippen molar-refractivity contribution in [3.05, 3.63) is 52.2 Å². The highest BCUT2D eigenvalue weighted by Crippen LogP contribution is 2.37. The molecule has 0 fully saturated rings. The predicted molar refractivity (Wildman–Crippen MR) is 91.6 cm³/mol. The van der Waals surface area contributed by atoms with Gasteiger partial charge in [-0.05, 0) is 11.1 Å². The van der Waals surface area contributed by atoms with Gasteiger partial charge in [0, 0.05) is 23.0 Å². The summed E-state index contributed by atoms with van der Waals surface area (Å²) in [7, 11) is -4.94. The Morgan fingerprint density at radius 1 is 0.680 bits per heavy atom. The van der Waals surface area contributed by atoms with Gasteiger partial charge in [0.1, 0.15) is 0 Å². The first-order chi connectivity index (χ1) is 11.2. The van der Waals surface area contributed by atoms with E-state index >= 15 is 0 Å². The van der Waals surface area contributed by atoms with Crippen LogP contribution in [0.5, 0.6) is 0 Å². The normalized spacial score (nSPS) is 12.4. The molecule has 0 atom stereocenters. The van der Waals surface area contributed by atoms with Crippen molar-refractivity contribution in [2.24, 2.45) is 0 Å². The van der Waals surface area contributed by atoms with E-state index in [9.17, 15) is 0 Å². The van der Waals surface area contributed by atoms with Crippen molar-refractivity contribution in [2.75, 3.05) is 0 Å². The molecule has 1 aromatic carbocycles. The Labute approximate surface area is 156 Å². The lowest BCUT2D eigenvalue weighted by Crippen LogP contribution is -2.68. The lowest BCUT2D eigenvalue weighted by molar-refractivity contribution is -2.00. The fourth-order valence-electron chi connectivity index (χ4n) is 2.04. The maximum absolute atomic E-state index is 8.49. The number of hydrogen-bond donors (Lipinski definition) is 0. The monoisotopic (exact) mass is 384 g/mol. The Hall–Kier alpha value is -1.08. The minimum atomic E-state index is -4.94. The van der Waals surface area contributed by atoms with Crippen molar-refractivity contribution in [1.82, 2.24) is 0 Å². The number of rotatable bonds is 1. The minimum Gasteiger partial charge on any atom is -0.222 e. The van der Waals surface area contributed by atoms with E-state index in [-0.39, 0.29) is 10.8 Å².